The van der Waals surface area contributed by atoms with E-state index in [0.29, 0.717) is 38.1 Å². The first kappa shape index (κ1) is 19.5. The minimum Gasteiger partial charge on any atom is -0.497 e. The Labute approximate surface area is 170 Å². The summed E-state index contributed by atoms with van der Waals surface area (Å²) in [4.78, 5) is 16.5. The molecule has 0 atom stereocenters. The number of amides is 1. The molecule has 6 nitrogen and oxygen atoms in total. The average molecular weight is 423 g/mol. The van der Waals surface area contributed by atoms with Crippen molar-refractivity contribution in [3.8, 4) is 5.75 Å². The molecule has 0 radical (unpaired) electrons. The van der Waals surface area contributed by atoms with Crippen LogP contribution in [0.1, 0.15) is 21.7 Å². The van der Waals surface area contributed by atoms with Crippen molar-refractivity contribution in [3.05, 3.63) is 69.5 Å². The van der Waals surface area contributed by atoms with E-state index in [1.165, 1.54) is 11.8 Å². The molecule has 1 aromatic heterocycles. The molecule has 0 aliphatic heterocycles. The molecule has 1 heterocycles. The summed E-state index contributed by atoms with van der Waals surface area (Å²) in [6.45, 7) is 0.255. The van der Waals surface area contributed by atoms with Gasteiger partial charge in [0.25, 0.3) is 5.91 Å². The minimum absolute atomic E-state index is 0.195. The Balaban J connectivity index is 1.51. The Bertz CT molecular complexity index is 931. The number of ether oxygens (including phenoxy) is 1. The second-order valence-corrected chi connectivity index (χ2v) is 7.27. The van der Waals surface area contributed by atoms with Crippen LogP contribution in [0.15, 0.2) is 47.6 Å². The Morgan fingerprint density at radius 2 is 1.96 bits per heavy atom. The number of hydrogen-bond donors (Lipinski definition) is 2. The third kappa shape index (κ3) is 5.38. The second-order valence-electron chi connectivity index (χ2n) is 5.51. The molecule has 2 aromatic carbocycles. The highest BCUT2D eigenvalue weighted by atomic mass is 35.5. The number of carbonyl (C=O) groups is 1. The molecule has 3 rings (SSSR count). The van der Waals surface area contributed by atoms with Crippen LogP contribution in [0.3, 0.4) is 0 Å². The molecule has 0 bridgehead atoms. The lowest BCUT2D eigenvalue weighted by Gasteiger charge is -2.04. The zero-order valence-corrected chi connectivity index (χ0v) is 16.7. The van der Waals surface area contributed by atoms with Gasteiger partial charge in [-0.2, -0.15) is 0 Å². The van der Waals surface area contributed by atoms with E-state index in [1.807, 2.05) is 12.1 Å². The van der Waals surface area contributed by atoms with Gasteiger partial charge in [0, 0.05) is 11.3 Å². The Morgan fingerprint density at radius 3 is 2.67 bits per heavy atom. The van der Waals surface area contributed by atoms with Gasteiger partial charge in [-0.05, 0) is 42.0 Å². The predicted molar refractivity (Wildman–Crippen MR) is 107 cm³/mol. The molecule has 3 aromatic rings. The van der Waals surface area contributed by atoms with Gasteiger partial charge in [0.15, 0.2) is 0 Å². The molecule has 1 amide bonds. The number of nitrogens with zero attached hydrogens (tertiary/aromatic N) is 2. The maximum atomic E-state index is 12.2. The molecule has 0 spiro atoms. The number of aromatic amines is 1. The van der Waals surface area contributed by atoms with Gasteiger partial charge in [-0.25, -0.2) is 4.98 Å². The fraction of sp³-hybridized carbons (Fsp3) is 0.167. The van der Waals surface area contributed by atoms with Crippen LogP contribution in [0.25, 0.3) is 0 Å². The van der Waals surface area contributed by atoms with Gasteiger partial charge in [0.2, 0.25) is 5.16 Å². The van der Waals surface area contributed by atoms with Crippen molar-refractivity contribution in [1.82, 2.24) is 20.5 Å². The van der Waals surface area contributed by atoms with E-state index in [0.717, 1.165) is 5.56 Å². The largest absolute Gasteiger partial charge is 0.497 e. The number of thioether (sulfide) groups is 1. The Kier molecular flexibility index (Phi) is 6.60. The zero-order valence-electron chi connectivity index (χ0n) is 14.3. The SMILES string of the molecule is COc1ccc(C(=O)NCc2nc(SCc3ccc(Cl)c(Cl)c3)n[nH]2)cc1. The fourth-order valence-electron chi connectivity index (χ4n) is 2.21. The highest BCUT2D eigenvalue weighted by Gasteiger charge is 2.09. The zero-order chi connectivity index (χ0) is 19.2. The number of nitrogens with one attached hydrogen (secondary N) is 2. The van der Waals surface area contributed by atoms with E-state index in [-0.39, 0.29) is 12.5 Å². The summed E-state index contributed by atoms with van der Waals surface area (Å²) >= 11 is 13.4. The van der Waals surface area contributed by atoms with E-state index in [4.69, 9.17) is 27.9 Å². The van der Waals surface area contributed by atoms with Gasteiger partial charge in [-0.15, -0.1) is 5.10 Å². The molecule has 0 unspecified atom stereocenters. The summed E-state index contributed by atoms with van der Waals surface area (Å²) in [5.74, 6) is 1.74. The quantitative estimate of drug-likeness (QED) is 0.553. The topological polar surface area (TPSA) is 79.9 Å². The lowest BCUT2D eigenvalue weighted by atomic mass is 10.2. The van der Waals surface area contributed by atoms with Crippen molar-refractivity contribution < 1.29 is 9.53 Å². The molecule has 0 aliphatic carbocycles. The van der Waals surface area contributed by atoms with E-state index < -0.39 is 0 Å². The standard InChI is InChI=1S/C18H16Cl2N4O2S/c1-26-13-5-3-12(4-6-13)17(25)21-9-16-22-18(24-23-16)27-10-11-2-7-14(19)15(20)8-11/h2-8H,9-10H2,1H3,(H,21,25)(H,22,23,24). The van der Waals surface area contributed by atoms with Gasteiger partial charge in [0.05, 0.1) is 23.7 Å². The summed E-state index contributed by atoms with van der Waals surface area (Å²) in [6, 6.07) is 12.4. The van der Waals surface area contributed by atoms with Gasteiger partial charge in [-0.3, -0.25) is 9.89 Å². The number of halogens is 2. The molecule has 27 heavy (non-hydrogen) atoms. The summed E-state index contributed by atoms with van der Waals surface area (Å²) in [6.07, 6.45) is 0. The normalized spacial score (nSPS) is 10.6. The van der Waals surface area contributed by atoms with Crippen molar-refractivity contribution in [1.29, 1.82) is 0 Å². The van der Waals surface area contributed by atoms with Gasteiger partial charge >= 0.3 is 0 Å². The molecule has 9 heteroatoms. The van der Waals surface area contributed by atoms with Crippen LogP contribution < -0.4 is 10.1 Å². The molecular weight excluding hydrogens is 407 g/mol. The van der Waals surface area contributed by atoms with Crippen LogP contribution in [0, 0.1) is 0 Å². The Hall–Kier alpha value is -2.22. The molecule has 0 aliphatic rings. The van der Waals surface area contributed by atoms with Crippen molar-refractivity contribution in [3.63, 3.8) is 0 Å². The van der Waals surface area contributed by atoms with Crippen LogP contribution in [-0.2, 0) is 12.3 Å². The van der Waals surface area contributed by atoms with Crippen LogP contribution in [-0.4, -0.2) is 28.2 Å². The van der Waals surface area contributed by atoms with Crippen molar-refractivity contribution in [2.45, 2.75) is 17.5 Å². The van der Waals surface area contributed by atoms with Crippen molar-refractivity contribution in [2.75, 3.05) is 7.11 Å². The smallest absolute Gasteiger partial charge is 0.251 e. The Morgan fingerprint density at radius 1 is 1.19 bits per heavy atom. The highest BCUT2D eigenvalue weighted by molar-refractivity contribution is 7.98. The molecule has 0 saturated carbocycles. The summed E-state index contributed by atoms with van der Waals surface area (Å²) in [5.41, 5.74) is 1.57. The predicted octanol–water partition coefficient (Wildman–Crippen LogP) is 4.34. The number of carbonyl (C=O) groups excluding carboxylic acids is 1. The van der Waals surface area contributed by atoms with Gasteiger partial charge in [-0.1, -0.05) is 41.0 Å². The molecule has 0 saturated heterocycles. The third-order valence-electron chi connectivity index (χ3n) is 3.63. The molecular formula is C18H16Cl2N4O2S. The summed E-state index contributed by atoms with van der Waals surface area (Å²) in [7, 11) is 1.58. The number of H-pyrrole nitrogens is 1. The second kappa shape index (κ2) is 9.12. The maximum Gasteiger partial charge on any atom is 0.251 e. The van der Waals surface area contributed by atoms with Crippen molar-refractivity contribution >= 4 is 40.9 Å². The minimum atomic E-state index is -0.195. The van der Waals surface area contributed by atoms with Crippen molar-refractivity contribution in [2.24, 2.45) is 0 Å². The maximum absolute atomic E-state index is 12.2. The van der Waals surface area contributed by atoms with Crippen LogP contribution in [0.2, 0.25) is 10.0 Å². The number of methoxy groups -OCH3 is 1. The summed E-state index contributed by atoms with van der Waals surface area (Å²) in [5, 5.41) is 11.4. The first-order chi connectivity index (χ1) is 13.0. The first-order valence-corrected chi connectivity index (χ1v) is 9.69. The first-order valence-electron chi connectivity index (χ1n) is 7.95. The lowest BCUT2D eigenvalue weighted by molar-refractivity contribution is 0.0950. The lowest BCUT2D eigenvalue weighted by Crippen LogP contribution is -2.23. The third-order valence-corrected chi connectivity index (χ3v) is 5.29. The van der Waals surface area contributed by atoms with Crippen LogP contribution >= 0.6 is 35.0 Å². The average Bonchev–Trinajstić information content (AvgIpc) is 3.15. The van der Waals surface area contributed by atoms with Crippen LogP contribution in [0.5, 0.6) is 5.75 Å². The number of hydrogen-bond acceptors (Lipinski definition) is 5. The van der Waals surface area contributed by atoms with E-state index in [2.05, 4.69) is 20.5 Å². The summed E-state index contributed by atoms with van der Waals surface area (Å²) < 4.78 is 5.08. The monoisotopic (exact) mass is 422 g/mol. The molecule has 0 fully saturated rings. The van der Waals surface area contributed by atoms with Gasteiger partial charge < -0.3 is 10.1 Å². The number of rotatable bonds is 7. The molecule has 140 valence electrons. The van der Waals surface area contributed by atoms with E-state index in [1.54, 1.807) is 37.4 Å². The van der Waals surface area contributed by atoms with E-state index >= 15 is 0 Å². The van der Waals surface area contributed by atoms with Crippen LogP contribution in [0.4, 0.5) is 0 Å². The molecule has 2 N–H and O–H groups in total. The van der Waals surface area contributed by atoms with Gasteiger partial charge in [0.1, 0.15) is 11.6 Å². The number of benzene rings is 2. The van der Waals surface area contributed by atoms with E-state index in [9.17, 15) is 4.79 Å². The highest BCUT2D eigenvalue weighted by Crippen LogP contribution is 2.26. The number of aromatic nitrogens is 3. The fourth-order valence-corrected chi connectivity index (χ4v) is 3.29.